The van der Waals surface area contributed by atoms with Gasteiger partial charge in [0.05, 0.1) is 5.69 Å². The van der Waals surface area contributed by atoms with E-state index in [1.165, 1.54) is 0 Å². The SMILES string of the molecule is Cc1[nH]c(C(N)OC(=N)C2(O)CC2)c(C)c1C(=O)c1cccc(Br)c1. The molecule has 1 aliphatic carbocycles. The smallest absolute Gasteiger partial charge is 0.215 e. The number of carbonyl (C=O) groups excluding carboxylic acids is 1. The van der Waals surface area contributed by atoms with Crippen LogP contribution < -0.4 is 5.73 Å². The quantitative estimate of drug-likeness (QED) is 0.265. The Morgan fingerprint density at radius 2 is 2.12 bits per heavy atom. The number of hydrogen-bond donors (Lipinski definition) is 4. The number of hydrogen-bond acceptors (Lipinski definition) is 5. The van der Waals surface area contributed by atoms with Gasteiger partial charge in [0.15, 0.2) is 12.0 Å². The normalized spacial score (nSPS) is 16.4. The van der Waals surface area contributed by atoms with E-state index >= 15 is 0 Å². The first kappa shape index (κ1) is 17.8. The second kappa shape index (κ2) is 6.40. The van der Waals surface area contributed by atoms with Crippen LogP contribution in [0.25, 0.3) is 0 Å². The minimum absolute atomic E-state index is 0.109. The predicted molar refractivity (Wildman–Crippen MR) is 97.8 cm³/mol. The molecule has 3 rings (SSSR count). The van der Waals surface area contributed by atoms with E-state index in [0.29, 0.717) is 40.9 Å². The van der Waals surface area contributed by atoms with Crippen molar-refractivity contribution in [2.75, 3.05) is 0 Å². The number of aromatic nitrogens is 1. The van der Waals surface area contributed by atoms with Gasteiger partial charge in [0.2, 0.25) is 5.90 Å². The van der Waals surface area contributed by atoms with Crippen LogP contribution in [0, 0.1) is 19.3 Å². The molecule has 0 radical (unpaired) electrons. The van der Waals surface area contributed by atoms with Crippen LogP contribution in [-0.2, 0) is 4.74 Å². The first-order valence-electron chi connectivity index (χ1n) is 7.96. The van der Waals surface area contributed by atoms with Crippen molar-refractivity contribution in [1.82, 2.24) is 4.98 Å². The van der Waals surface area contributed by atoms with Crippen LogP contribution in [0.1, 0.15) is 51.9 Å². The van der Waals surface area contributed by atoms with Gasteiger partial charge in [0.25, 0.3) is 0 Å². The molecule has 0 amide bonds. The molecule has 0 bridgehead atoms. The molecule has 0 spiro atoms. The first-order chi connectivity index (χ1) is 11.7. The van der Waals surface area contributed by atoms with Gasteiger partial charge in [0, 0.05) is 21.3 Å². The zero-order chi connectivity index (χ0) is 18.4. The number of aryl methyl sites for hydroxylation is 1. The lowest BCUT2D eigenvalue weighted by molar-refractivity contribution is 0.103. The van der Waals surface area contributed by atoms with Crippen LogP contribution in [0.15, 0.2) is 28.7 Å². The number of nitrogens with two attached hydrogens (primary N) is 1. The van der Waals surface area contributed by atoms with Crippen LogP contribution in [0.2, 0.25) is 0 Å². The first-order valence-corrected chi connectivity index (χ1v) is 8.75. The van der Waals surface area contributed by atoms with Crippen molar-refractivity contribution in [3.05, 3.63) is 56.8 Å². The number of carbonyl (C=O) groups is 1. The molecule has 1 fully saturated rings. The van der Waals surface area contributed by atoms with E-state index < -0.39 is 11.8 Å². The second-order valence-electron chi connectivity index (χ2n) is 6.40. The highest BCUT2D eigenvalue weighted by molar-refractivity contribution is 9.10. The summed E-state index contributed by atoms with van der Waals surface area (Å²) in [4.78, 5) is 16.0. The Morgan fingerprint density at radius 3 is 2.72 bits per heavy atom. The zero-order valence-electron chi connectivity index (χ0n) is 14.0. The molecule has 1 aromatic carbocycles. The highest BCUT2D eigenvalue weighted by atomic mass is 79.9. The Hall–Kier alpha value is -1.96. The maximum Gasteiger partial charge on any atom is 0.215 e. The van der Waals surface area contributed by atoms with Gasteiger partial charge in [-0.05, 0) is 44.4 Å². The average Bonchev–Trinajstić information content (AvgIpc) is 3.24. The third kappa shape index (κ3) is 3.40. The van der Waals surface area contributed by atoms with E-state index in [-0.39, 0.29) is 11.7 Å². The largest absolute Gasteiger partial charge is 0.454 e. The summed E-state index contributed by atoms with van der Waals surface area (Å²) in [7, 11) is 0. The van der Waals surface area contributed by atoms with Crippen molar-refractivity contribution in [3.63, 3.8) is 0 Å². The summed E-state index contributed by atoms with van der Waals surface area (Å²) in [6.45, 7) is 3.59. The monoisotopic (exact) mass is 405 g/mol. The Balaban J connectivity index is 1.87. The van der Waals surface area contributed by atoms with Crippen LogP contribution >= 0.6 is 15.9 Å². The van der Waals surface area contributed by atoms with E-state index in [9.17, 15) is 9.90 Å². The molecule has 1 saturated carbocycles. The summed E-state index contributed by atoms with van der Waals surface area (Å²) < 4.78 is 6.21. The van der Waals surface area contributed by atoms with Gasteiger partial charge in [-0.25, -0.2) is 0 Å². The molecule has 7 heteroatoms. The fourth-order valence-corrected chi connectivity index (χ4v) is 3.21. The minimum atomic E-state index is -1.18. The van der Waals surface area contributed by atoms with Gasteiger partial charge in [-0.15, -0.1) is 0 Å². The third-order valence-corrected chi connectivity index (χ3v) is 4.96. The standard InChI is InChI=1S/C18H20BrN3O3/c1-9-13(15(23)11-4-3-5-12(19)8-11)10(2)22-14(9)16(20)25-17(21)18(24)6-7-18/h3-5,8,16,21-22,24H,6-7,20H2,1-2H3. The van der Waals surface area contributed by atoms with Gasteiger partial charge < -0.3 is 14.8 Å². The molecule has 1 atom stereocenters. The van der Waals surface area contributed by atoms with E-state index in [1.807, 2.05) is 12.1 Å². The lowest BCUT2D eigenvalue weighted by atomic mass is 9.99. The predicted octanol–water partition coefficient (Wildman–Crippen LogP) is 3.10. The number of nitrogens with one attached hydrogen (secondary N) is 2. The molecule has 0 aliphatic heterocycles. The summed E-state index contributed by atoms with van der Waals surface area (Å²) in [6, 6.07) is 7.19. The molecular weight excluding hydrogens is 386 g/mol. The summed E-state index contributed by atoms with van der Waals surface area (Å²) in [6.07, 6.45) is 0.0711. The average molecular weight is 406 g/mol. The molecule has 0 saturated heterocycles. The van der Waals surface area contributed by atoms with Crippen molar-refractivity contribution in [1.29, 1.82) is 5.41 Å². The number of benzene rings is 1. The van der Waals surface area contributed by atoms with Gasteiger partial charge in [-0.2, -0.15) is 0 Å². The van der Waals surface area contributed by atoms with Gasteiger partial charge in [0.1, 0.15) is 5.60 Å². The van der Waals surface area contributed by atoms with Gasteiger partial charge >= 0.3 is 0 Å². The van der Waals surface area contributed by atoms with Crippen LogP contribution in [-0.4, -0.2) is 27.4 Å². The van der Waals surface area contributed by atoms with Crippen molar-refractivity contribution in [3.8, 4) is 0 Å². The third-order valence-electron chi connectivity index (χ3n) is 4.47. The second-order valence-corrected chi connectivity index (χ2v) is 7.32. The number of ether oxygens (including phenoxy) is 1. The molecule has 1 aliphatic rings. The molecule has 5 N–H and O–H groups in total. The number of rotatable bonds is 5. The Kier molecular flexibility index (Phi) is 4.57. The number of aromatic amines is 1. The Morgan fingerprint density at radius 1 is 1.44 bits per heavy atom. The molecule has 132 valence electrons. The van der Waals surface area contributed by atoms with Crippen LogP contribution in [0.3, 0.4) is 0 Å². The maximum absolute atomic E-state index is 12.9. The number of H-pyrrole nitrogens is 1. The molecule has 1 unspecified atom stereocenters. The van der Waals surface area contributed by atoms with Crippen LogP contribution in [0.5, 0.6) is 0 Å². The van der Waals surface area contributed by atoms with E-state index in [0.717, 1.165) is 4.47 Å². The van der Waals surface area contributed by atoms with E-state index in [2.05, 4.69) is 20.9 Å². The lowest BCUT2D eigenvalue weighted by Crippen LogP contribution is -2.29. The highest BCUT2D eigenvalue weighted by Gasteiger charge is 2.47. The van der Waals surface area contributed by atoms with Crippen molar-refractivity contribution >= 4 is 27.6 Å². The number of halogens is 1. The molecule has 25 heavy (non-hydrogen) atoms. The van der Waals surface area contributed by atoms with Gasteiger partial charge in [-0.1, -0.05) is 28.1 Å². The minimum Gasteiger partial charge on any atom is -0.454 e. The summed E-state index contributed by atoms with van der Waals surface area (Å²) in [5.74, 6) is -0.339. The Bertz CT molecular complexity index is 855. The highest BCUT2D eigenvalue weighted by Crippen LogP contribution is 2.37. The molecule has 2 aromatic rings. The Labute approximate surface area is 154 Å². The zero-order valence-corrected chi connectivity index (χ0v) is 15.6. The topological polar surface area (TPSA) is 112 Å². The van der Waals surface area contributed by atoms with Crippen molar-refractivity contribution in [2.24, 2.45) is 5.73 Å². The van der Waals surface area contributed by atoms with Gasteiger partial charge in [-0.3, -0.25) is 15.9 Å². The number of ketones is 1. The molecule has 1 aromatic heterocycles. The van der Waals surface area contributed by atoms with Crippen LogP contribution in [0.4, 0.5) is 0 Å². The lowest BCUT2D eigenvalue weighted by Gasteiger charge is -2.17. The fraction of sp³-hybridized carbons (Fsp3) is 0.333. The van der Waals surface area contributed by atoms with Crippen molar-refractivity contribution in [2.45, 2.75) is 38.5 Å². The summed E-state index contributed by atoms with van der Waals surface area (Å²) in [5.41, 5.74) is 7.89. The summed E-state index contributed by atoms with van der Waals surface area (Å²) >= 11 is 3.37. The number of aliphatic hydroxyl groups is 1. The molecule has 1 heterocycles. The fourth-order valence-electron chi connectivity index (χ4n) is 2.81. The maximum atomic E-state index is 12.9. The van der Waals surface area contributed by atoms with E-state index in [1.54, 1.807) is 26.0 Å². The molecule has 6 nitrogen and oxygen atoms in total. The van der Waals surface area contributed by atoms with Crippen molar-refractivity contribution < 1.29 is 14.6 Å². The van der Waals surface area contributed by atoms with E-state index in [4.69, 9.17) is 15.9 Å². The molecular formula is C18H20BrN3O3. The summed E-state index contributed by atoms with van der Waals surface area (Å²) in [5, 5.41) is 17.7.